The van der Waals surface area contributed by atoms with E-state index in [1.807, 2.05) is 0 Å². The van der Waals surface area contributed by atoms with Crippen molar-refractivity contribution >= 4 is 8.07 Å². The molecule has 2 aromatic carbocycles. The van der Waals surface area contributed by atoms with Crippen molar-refractivity contribution in [2.45, 2.75) is 63.7 Å². The molecule has 1 aliphatic heterocycles. The molecule has 0 N–H and O–H groups in total. The predicted molar refractivity (Wildman–Crippen MR) is 108 cm³/mol. The van der Waals surface area contributed by atoms with E-state index < -0.39 is 8.07 Å². The van der Waals surface area contributed by atoms with Gasteiger partial charge in [-0.2, -0.15) is 0 Å². The van der Waals surface area contributed by atoms with E-state index in [1.54, 1.807) is 5.56 Å². The lowest BCUT2D eigenvalue weighted by molar-refractivity contribution is 0.196. The number of hydrogen-bond acceptors (Lipinski definition) is 0. The van der Waals surface area contributed by atoms with E-state index in [9.17, 15) is 0 Å². The molecule has 2 unspecified atom stereocenters. The molecule has 0 radical (unpaired) electrons. The maximum atomic E-state index is 2.68. The van der Waals surface area contributed by atoms with Gasteiger partial charge in [-0.25, -0.2) is 0 Å². The molecular weight excluding hydrogens is 304 g/mol. The summed E-state index contributed by atoms with van der Waals surface area (Å²) in [5, 5.41) is 0.426. The van der Waals surface area contributed by atoms with Crippen LogP contribution >= 0.6 is 0 Å². The van der Waals surface area contributed by atoms with E-state index in [2.05, 4.69) is 88.0 Å². The van der Waals surface area contributed by atoms with Crippen LogP contribution in [0.15, 0.2) is 60.7 Å². The van der Waals surface area contributed by atoms with Crippen LogP contribution in [-0.4, -0.2) is 8.07 Å². The second-order valence-electron chi connectivity index (χ2n) is 8.95. The van der Waals surface area contributed by atoms with Gasteiger partial charge in [-0.15, -0.1) is 0 Å². The maximum Gasteiger partial charge on any atom is 0.0616 e. The van der Waals surface area contributed by atoms with Crippen LogP contribution in [0.4, 0.5) is 0 Å². The normalized spacial score (nSPS) is 29.3. The van der Waals surface area contributed by atoms with E-state index in [4.69, 9.17) is 0 Å². The first-order chi connectivity index (χ1) is 11.4. The Hall–Kier alpha value is -1.34. The van der Waals surface area contributed by atoms with Crippen molar-refractivity contribution in [1.82, 2.24) is 0 Å². The van der Waals surface area contributed by atoms with Crippen LogP contribution < -0.4 is 0 Å². The highest BCUT2D eigenvalue weighted by Crippen LogP contribution is 2.62. The third-order valence-corrected chi connectivity index (χ3v) is 13.4. The van der Waals surface area contributed by atoms with Crippen molar-refractivity contribution in [2.24, 2.45) is 5.41 Å². The molecule has 0 aliphatic carbocycles. The molecule has 0 nitrogen and oxygen atoms in total. The Morgan fingerprint density at radius 3 is 1.96 bits per heavy atom. The minimum absolute atomic E-state index is 0.414. The number of benzene rings is 2. The zero-order chi connectivity index (χ0) is 17.3. The smallest absolute Gasteiger partial charge is 0.0616 e. The fourth-order valence-corrected chi connectivity index (χ4v) is 10.7. The summed E-state index contributed by atoms with van der Waals surface area (Å²) in [6, 6.07) is 25.2. The Morgan fingerprint density at radius 2 is 1.38 bits per heavy atom. The Kier molecular flexibility index (Phi) is 4.75. The van der Waals surface area contributed by atoms with Crippen LogP contribution in [0.2, 0.25) is 17.6 Å². The molecule has 1 saturated heterocycles. The van der Waals surface area contributed by atoms with E-state index in [-0.39, 0.29) is 0 Å². The van der Waals surface area contributed by atoms with Crippen molar-refractivity contribution in [2.75, 3.05) is 0 Å². The van der Waals surface area contributed by atoms with Gasteiger partial charge in [0.25, 0.3) is 0 Å². The summed E-state index contributed by atoms with van der Waals surface area (Å²) in [5.74, 6) is 0. The summed E-state index contributed by atoms with van der Waals surface area (Å²) in [7, 11) is -1.45. The molecule has 2 aromatic rings. The van der Waals surface area contributed by atoms with Gasteiger partial charge in [0.2, 0.25) is 0 Å². The summed E-state index contributed by atoms with van der Waals surface area (Å²) in [6.07, 6.45) is 4.01. The molecule has 1 heterocycles. The lowest BCUT2D eigenvalue weighted by atomic mass is 9.72. The Labute approximate surface area is 149 Å². The lowest BCUT2D eigenvalue weighted by Gasteiger charge is -2.59. The van der Waals surface area contributed by atoms with Crippen LogP contribution in [0.3, 0.4) is 0 Å². The molecule has 1 fully saturated rings. The first-order valence-electron chi connectivity index (χ1n) is 9.44. The molecule has 128 valence electrons. The van der Waals surface area contributed by atoms with Crippen LogP contribution in [-0.2, 0) is 12.5 Å². The molecule has 2 atom stereocenters. The third-order valence-electron chi connectivity index (χ3n) is 7.19. The minimum atomic E-state index is -1.45. The summed E-state index contributed by atoms with van der Waals surface area (Å²) in [4.78, 5) is 0. The molecule has 3 rings (SSSR count). The van der Waals surface area contributed by atoms with Gasteiger partial charge in [0.15, 0.2) is 0 Å². The molecule has 0 saturated carbocycles. The first kappa shape index (κ1) is 17.5. The largest absolute Gasteiger partial charge is 0.0685 e. The average Bonchev–Trinajstić information content (AvgIpc) is 2.55. The summed E-state index contributed by atoms with van der Waals surface area (Å²) in [5.41, 5.74) is 3.47. The number of hydrogen-bond donors (Lipinski definition) is 0. The van der Waals surface area contributed by atoms with E-state index >= 15 is 0 Å². The van der Waals surface area contributed by atoms with Gasteiger partial charge in [0, 0.05) is 0 Å². The average molecular weight is 337 g/mol. The molecule has 24 heavy (non-hydrogen) atoms. The lowest BCUT2D eigenvalue weighted by Crippen LogP contribution is -2.57. The SMILES string of the molecule is CC1(C)CCC[Si](C)(Cc2ccccc2)C1(C)Cc1ccccc1. The van der Waals surface area contributed by atoms with Crippen molar-refractivity contribution < 1.29 is 0 Å². The summed E-state index contributed by atoms with van der Waals surface area (Å²) >= 11 is 0. The van der Waals surface area contributed by atoms with Gasteiger partial charge in [-0.05, 0) is 34.9 Å². The number of rotatable bonds is 4. The highest BCUT2D eigenvalue weighted by molar-refractivity contribution is 6.81. The van der Waals surface area contributed by atoms with Gasteiger partial charge in [-0.3, -0.25) is 0 Å². The monoisotopic (exact) mass is 336 g/mol. The minimum Gasteiger partial charge on any atom is -0.0685 e. The molecule has 0 aromatic heterocycles. The summed E-state index contributed by atoms with van der Waals surface area (Å²) in [6.45, 7) is 10.4. The standard InChI is InChI=1S/C23H32Si/c1-22(2)16-11-17-24(4,19-21-14-9-6-10-15-21)23(22,3)18-20-12-7-5-8-13-20/h5-10,12-15H,11,16-19H2,1-4H3. The molecule has 1 heteroatoms. The van der Waals surface area contributed by atoms with Gasteiger partial charge in [0.05, 0.1) is 8.07 Å². The van der Waals surface area contributed by atoms with Gasteiger partial charge < -0.3 is 0 Å². The third kappa shape index (κ3) is 3.11. The second kappa shape index (κ2) is 6.52. The maximum absolute atomic E-state index is 2.68. The molecule has 0 amide bonds. The predicted octanol–water partition coefficient (Wildman–Crippen LogP) is 6.67. The fraction of sp³-hybridized carbons (Fsp3) is 0.478. The van der Waals surface area contributed by atoms with E-state index in [0.29, 0.717) is 10.5 Å². The van der Waals surface area contributed by atoms with Crippen molar-refractivity contribution in [1.29, 1.82) is 0 Å². The van der Waals surface area contributed by atoms with Gasteiger partial charge >= 0.3 is 0 Å². The Bertz CT molecular complexity index is 661. The zero-order valence-electron chi connectivity index (χ0n) is 15.8. The quantitative estimate of drug-likeness (QED) is 0.547. The fourth-order valence-electron chi connectivity index (χ4n) is 5.08. The highest BCUT2D eigenvalue weighted by Gasteiger charge is 2.56. The van der Waals surface area contributed by atoms with Crippen LogP contribution in [0.1, 0.15) is 44.7 Å². The van der Waals surface area contributed by atoms with Crippen molar-refractivity contribution in [3.63, 3.8) is 0 Å². The van der Waals surface area contributed by atoms with Crippen LogP contribution in [0, 0.1) is 5.41 Å². The zero-order valence-corrected chi connectivity index (χ0v) is 16.8. The van der Waals surface area contributed by atoms with E-state index in [1.165, 1.54) is 36.9 Å². The second-order valence-corrected chi connectivity index (χ2v) is 14.0. The van der Waals surface area contributed by atoms with Gasteiger partial charge in [-0.1, -0.05) is 106 Å². The molecular formula is C23H32Si. The Balaban J connectivity index is 1.98. The van der Waals surface area contributed by atoms with Crippen molar-refractivity contribution in [3.05, 3.63) is 71.8 Å². The van der Waals surface area contributed by atoms with Crippen molar-refractivity contribution in [3.8, 4) is 0 Å². The highest BCUT2D eigenvalue weighted by atomic mass is 28.3. The van der Waals surface area contributed by atoms with Gasteiger partial charge in [0.1, 0.15) is 0 Å². The molecule has 1 aliphatic rings. The topological polar surface area (TPSA) is 0 Å². The van der Waals surface area contributed by atoms with Crippen LogP contribution in [0.5, 0.6) is 0 Å². The Morgan fingerprint density at radius 1 is 0.833 bits per heavy atom. The first-order valence-corrected chi connectivity index (χ1v) is 12.4. The summed E-state index contributed by atoms with van der Waals surface area (Å²) < 4.78 is 0. The molecule has 0 bridgehead atoms. The van der Waals surface area contributed by atoms with E-state index in [0.717, 1.165) is 0 Å². The molecule has 0 spiro atoms. The van der Waals surface area contributed by atoms with Crippen LogP contribution in [0.25, 0.3) is 0 Å².